The van der Waals surface area contributed by atoms with Gasteiger partial charge in [0, 0.05) is 11.5 Å². The number of hydrogen-bond donors (Lipinski definition) is 0. The smallest absolute Gasteiger partial charge is 0.0819 e. The molecule has 0 spiro atoms. The van der Waals surface area contributed by atoms with Gasteiger partial charge < -0.3 is 0 Å². The predicted octanol–water partition coefficient (Wildman–Crippen LogP) is 4.28. The fourth-order valence-corrected chi connectivity index (χ4v) is 4.70. The highest BCUT2D eigenvalue weighted by atomic mass is 31.1. The molecule has 0 amide bonds. The summed E-state index contributed by atoms with van der Waals surface area (Å²) in [6.45, 7) is 0. The monoisotopic (exact) mass is 318 g/mol. The Balaban J connectivity index is 2.17. The molecule has 0 N–H and O–H groups in total. The van der Waals surface area contributed by atoms with Gasteiger partial charge in [0.15, 0.2) is 0 Å². The summed E-state index contributed by atoms with van der Waals surface area (Å²) in [5, 5.41) is 6.23. The average molecular weight is 318 g/mol. The van der Waals surface area contributed by atoms with Gasteiger partial charge in [0.05, 0.1) is 11.9 Å². The molecule has 0 unspecified atom stereocenters. The van der Waals surface area contributed by atoms with Crippen molar-refractivity contribution in [3.8, 4) is 0 Å². The maximum Gasteiger partial charge on any atom is 0.0819 e. The highest BCUT2D eigenvalue weighted by Gasteiger charge is 2.21. The third-order valence-corrected chi connectivity index (χ3v) is 5.83. The van der Waals surface area contributed by atoms with E-state index in [-0.39, 0.29) is 0 Å². The molecule has 3 nitrogen and oxygen atoms in total. The molecule has 0 saturated heterocycles. The molecule has 0 saturated carbocycles. The average Bonchev–Trinajstić information content (AvgIpc) is 2.64. The van der Waals surface area contributed by atoms with E-state index in [1.54, 1.807) is 6.20 Å². The van der Waals surface area contributed by atoms with Crippen molar-refractivity contribution in [3.63, 3.8) is 0 Å². The lowest BCUT2D eigenvalue weighted by atomic mass is 10.3. The van der Waals surface area contributed by atoms with Crippen LogP contribution in [0.15, 0.2) is 96.4 Å². The molecule has 0 aliphatic heterocycles. The van der Waals surface area contributed by atoms with Gasteiger partial charge in [-0.05, 0) is 35.8 Å². The Labute approximate surface area is 136 Å². The fraction of sp³-hybridized carbons (Fsp3) is 0. The number of benzene rings is 2. The molecule has 0 aliphatic carbocycles. The van der Waals surface area contributed by atoms with E-state index in [0.717, 1.165) is 21.6 Å². The molecule has 0 atom stereocenters. The molecule has 112 valence electrons. The highest BCUT2D eigenvalue weighted by Crippen LogP contribution is 2.48. The molecule has 2 aromatic carbocycles. The van der Waals surface area contributed by atoms with E-state index >= 15 is 0 Å². The third-order valence-electron chi connectivity index (χ3n) is 3.37. The minimum absolute atomic E-state index is 0.783. The van der Waals surface area contributed by atoms with E-state index < -0.39 is 7.92 Å². The van der Waals surface area contributed by atoms with Crippen molar-refractivity contribution < 1.29 is 0 Å². The molecule has 1 aromatic heterocycles. The SMILES string of the molecule is O=N/C=C(\c1ccccn1)P(c1ccccc1)c1ccccc1. The summed E-state index contributed by atoms with van der Waals surface area (Å²) in [4.78, 5) is 15.4. The van der Waals surface area contributed by atoms with Crippen LogP contribution >= 0.6 is 7.92 Å². The lowest BCUT2D eigenvalue weighted by Crippen LogP contribution is -2.12. The molecule has 23 heavy (non-hydrogen) atoms. The predicted molar refractivity (Wildman–Crippen MR) is 97.1 cm³/mol. The van der Waals surface area contributed by atoms with Gasteiger partial charge in [-0.1, -0.05) is 66.7 Å². The summed E-state index contributed by atoms with van der Waals surface area (Å²) >= 11 is 0. The Bertz CT molecular complexity index is 750. The van der Waals surface area contributed by atoms with E-state index in [4.69, 9.17) is 0 Å². The first-order chi connectivity index (χ1) is 11.4. The van der Waals surface area contributed by atoms with Gasteiger partial charge in [0.1, 0.15) is 0 Å². The zero-order valence-corrected chi connectivity index (χ0v) is 13.3. The van der Waals surface area contributed by atoms with Crippen molar-refractivity contribution in [2.75, 3.05) is 0 Å². The number of rotatable bonds is 5. The molecule has 4 heteroatoms. The maximum absolute atomic E-state index is 11.0. The van der Waals surface area contributed by atoms with Gasteiger partial charge in [-0.25, -0.2) is 0 Å². The first kappa shape index (κ1) is 15.3. The molecule has 0 bridgehead atoms. The van der Waals surface area contributed by atoms with Gasteiger partial charge in [-0.3, -0.25) is 4.98 Å². The lowest BCUT2D eigenvalue weighted by molar-refractivity contribution is 1.29. The van der Waals surface area contributed by atoms with Gasteiger partial charge in [-0.2, -0.15) is 0 Å². The first-order valence-electron chi connectivity index (χ1n) is 7.24. The molecule has 3 aromatic rings. The van der Waals surface area contributed by atoms with Crippen molar-refractivity contribution in [2.24, 2.45) is 5.18 Å². The van der Waals surface area contributed by atoms with Gasteiger partial charge in [-0.15, -0.1) is 4.91 Å². The van der Waals surface area contributed by atoms with Crippen LogP contribution in [0.1, 0.15) is 5.69 Å². The minimum atomic E-state index is -0.892. The molecule has 0 fully saturated rings. The lowest BCUT2D eigenvalue weighted by Gasteiger charge is -2.21. The standard InChI is InChI=1S/C19H15N2OP/c22-21-15-19(18-13-7-8-14-20-18)23(16-9-3-1-4-10-16)17-11-5-2-6-12-17/h1-15H/b19-15+. The molecule has 0 aliphatic rings. The van der Waals surface area contributed by atoms with Crippen molar-refractivity contribution in [3.05, 3.63) is 102 Å². The third kappa shape index (κ3) is 3.58. The van der Waals surface area contributed by atoms with Crippen LogP contribution in [0.25, 0.3) is 5.31 Å². The molecular weight excluding hydrogens is 303 g/mol. The van der Waals surface area contributed by atoms with Crippen LogP contribution in [0, 0.1) is 4.91 Å². The normalized spacial score (nSPS) is 11.4. The second kappa shape index (κ2) is 7.57. The Morgan fingerprint density at radius 2 is 1.39 bits per heavy atom. The summed E-state index contributed by atoms with van der Waals surface area (Å²) in [5.41, 5.74) is 0.783. The van der Waals surface area contributed by atoms with E-state index in [9.17, 15) is 4.91 Å². The topological polar surface area (TPSA) is 42.3 Å². The van der Waals surface area contributed by atoms with Crippen molar-refractivity contribution in [1.82, 2.24) is 4.98 Å². The zero-order chi connectivity index (χ0) is 15.9. The van der Waals surface area contributed by atoms with Crippen LogP contribution in [-0.2, 0) is 0 Å². The Hall–Kier alpha value is -2.64. The Morgan fingerprint density at radius 3 is 1.87 bits per heavy atom. The summed E-state index contributed by atoms with van der Waals surface area (Å²) in [5.74, 6) is 0. The number of nitrogens with zero attached hydrogens (tertiary/aromatic N) is 2. The second-order valence-electron chi connectivity index (χ2n) is 4.84. The largest absolute Gasteiger partial charge is 0.256 e. The zero-order valence-electron chi connectivity index (χ0n) is 12.4. The van der Waals surface area contributed by atoms with Crippen molar-refractivity contribution in [2.45, 2.75) is 0 Å². The fourth-order valence-electron chi connectivity index (χ4n) is 2.38. The Morgan fingerprint density at radius 1 is 0.826 bits per heavy atom. The van der Waals surface area contributed by atoms with E-state index in [2.05, 4.69) is 34.4 Å². The van der Waals surface area contributed by atoms with Crippen LogP contribution in [0.2, 0.25) is 0 Å². The maximum atomic E-state index is 11.0. The van der Waals surface area contributed by atoms with Gasteiger partial charge in [0.2, 0.25) is 0 Å². The number of nitroso groups, excluding NO2 is 1. The minimum Gasteiger partial charge on any atom is -0.256 e. The molecular formula is C19H15N2OP. The van der Waals surface area contributed by atoms with Crippen LogP contribution < -0.4 is 10.6 Å². The molecule has 0 radical (unpaired) electrons. The van der Waals surface area contributed by atoms with E-state index in [1.807, 2.05) is 54.6 Å². The van der Waals surface area contributed by atoms with Crippen molar-refractivity contribution >= 4 is 23.8 Å². The van der Waals surface area contributed by atoms with Crippen LogP contribution in [0.3, 0.4) is 0 Å². The summed E-state index contributed by atoms with van der Waals surface area (Å²) in [6, 6.07) is 26.1. The number of aromatic nitrogens is 1. The van der Waals surface area contributed by atoms with Gasteiger partial charge in [0.25, 0.3) is 0 Å². The summed E-state index contributed by atoms with van der Waals surface area (Å²) < 4.78 is 0. The first-order valence-corrected chi connectivity index (χ1v) is 8.58. The number of hydrogen-bond acceptors (Lipinski definition) is 3. The molecule has 1 heterocycles. The second-order valence-corrected chi connectivity index (χ2v) is 7.03. The highest BCUT2D eigenvalue weighted by molar-refractivity contribution is 7.82. The van der Waals surface area contributed by atoms with Gasteiger partial charge >= 0.3 is 0 Å². The van der Waals surface area contributed by atoms with Crippen LogP contribution in [0.5, 0.6) is 0 Å². The molecule has 3 rings (SSSR count). The quantitative estimate of drug-likeness (QED) is 0.520. The van der Waals surface area contributed by atoms with Crippen LogP contribution in [0.4, 0.5) is 0 Å². The van der Waals surface area contributed by atoms with Crippen LogP contribution in [-0.4, -0.2) is 4.98 Å². The Kier molecular flexibility index (Phi) is 5.02. The van der Waals surface area contributed by atoms with E-state index in [0.29, 0.717) is 0 Å². The summed E-state index contributed by atoms with van der Waals surface area (Å²) in [6.07, 6.45) is 3.13. The van der Waals surface area contributed by atoms with Crippen molar-refractivity contribution in [1.29, 1.82) is 0 Å². The van der Waals surface area contributed by atoms with E-state index in [1.165, 1.54) is 6.20 Å². The number of pyridine rings is 1. The summed E-state index contributed by atoms with van der Waals surface area (Å²) in [7, 11) is -0.892.